The van der Waals surface area contributed by atoms with E-state index in [1.54, 1.807) is 0 Å². The highest BCUT2D eigenvalue weighted by Crippen LogP contribution is 2.31. The molecule has 1 rings (SSSR count). The van der Waals surface area contributed by atoms with Crippen molar-refractivity contribution in [3.8, 4) is 0 Å². The van der Waals surface area contributed by atoms with Gasteiger partial charge in [0.05, 0.1) is 15.5 Å². The second-order valence-electron chi connectivity index (χ2n) is 4.94. The maximum Gasteiger partial charge on any atom is 0.241 e. The van der Waals surface area contributed by atoms with Crippen LogP contribution in [0.4, 0.5) is 5.69 Å². The molecule has 5 nitrogen and oxygen atoms in total. The van der Waals surface area contributed by atoms with Gasteiger partial charge in [-0.05, 0) is 40.4 Å². The molecule has 1 aromatic rings. The number of halogens is 2. The quantitative estimate of drug-likeness (QED) is 0.655. The minimum atomic E-state index is -3.79. The summed E-state index contributed by atoms with van der Waals surface area (Å²) in [6, 6.07) is 2.76. The Bertz CT molecular complexity index is 578. The van der Waals surface area contributed by atoms with Crippen molar-refractivity contribution in [2.75, 3.05) is 12.3 Å². The standard InChI is InChI=1S/C12H18BrClN2O3S/c1-7(2)3-9(17)6-16-20(18,19)11-5-8(14)4-10(15)12(11)13/h4-5,7,9,16-17H,3,6,15H2,1-2H3. The molecule has 0 saturated heterocycles. The smallest absolute Gasteiger partial charge is 0.241 e. The molecule has 0 aromatic heterocycles. The summed E-state index contributed by atoms with van der Waals surface area (Å²) in [6.07, 6.45) is -0.221. The Morgan fingerprint density at radius 3 is 2.60 bits per heavy atom. The van der Waals surface area contributed by atoms with Gasteiger partial charge in [-0.15, -0.1) is 0 Å². The highest BCUT2D eigenvalue weighted by molar-refractivity contribution is 9.10. The number of nitrogen functional groups attached to an aromatic ring is 1. The molecule has 0 fully saturated rings. The van der Waals surface area contributed by atoms with Crippen molar-refractivity contribution in [3.05, 3.63) is 21.6 Å². The monoisotopic (exact) mass is 384 g/mol. The second-order valence-corrected chi connectivity index (χ2v) is 7.91. The van der Waals surface area contributed by atoms with Crippen molar-refractivity contribution in [2.45, 2.75) is 31.3 Å². The molecule has 0 spiro atoms. The van der Waals surface area contributed by atoms with Crippen molar-refractivity contribution in [3.63, 3.8) is 0 Å². The number of rotatable bonds is 6. The molecule has 8 heteroatoms. The predicted octanol–water partition coefficient (Wildman–Crippen LogP) is 2.37. The molecular formula is C12H18BrClN2O3S. The number of hydrogen-bond donors (Lipinski definition) is 3. The van der Waals surface area contributed by atoms with Crippen molar-refractivity contribution >= 4 is 43.2 Å². The zero-order chi connectivity index (χ0) is 15.5. The minimum absolute atomic E-state index is 0.0424. The van der Waals surface area contributed by atoms with E-state index >= 15 is 0 Å². The normalized spacial score (nSPS) is 13.7. The first-order valence-electron chi connectivity index (χ1n) is 6.05. The lowest BCUT2D eigenvalue weighted by molar-refractivity contribution is 0.152. The summed E-state index contributed by atoms with van der Waals surface area (Å²) < 4.78 is 27.0. The molecule has 20 heavy (non-hydrogen) atoms. The molecule has 1 atom stereocenters. The van der Waals surface area contributed by atoms with Crippen LogP contribution in [0.3, 0.4) is 0 Å². The fraction of sp³-hybridized carbons (Fsp3) is 0.500. The summed E-state index contributed by atoms with van der Waals surface area (Å²) >= 11 is 8.95. The molecule has 0 heterocycles. The van der Waals surface area contributed by atoms with Gasteiger partial charge < -0.3 is 10.8 Å². The fourth-order valence-electron chi connectivity index (χ4n) is 1.69. The molecule has 0 radical (unpaired) electrons. The zero-order valence-corrected chi connectivity index (χ0v) is 14.4. The lowest BCUT2D eigenvalue weighted by atomic mass is 10.1. The number of aliphatic hydroxyl groups is 1. The van der Waals surface area contributed by atoms with Crippen LogP contribution in [0.25, 0.3) is 0 Å². The second kappa shape index (κ2) is 7.09. The van der Waals surface area contributed by atoms with Crippen LogP contribution in [-0.4, -0.2) is 26.2 Å². The third-order valence-electron chi connectivity index (χ3n) is 2.57. The molecule has 114 valence electrons. The van der Waals surface area contributed by atoms with Gasteiger partial charge in [0.2, 0.25) is 10.0 Å². The molecule has 0 saturated carbocycles. The lowest BCUT2D eigenvalue weighted by Gasteiger charge is -2.15. The Balaban J connectivity index is 2.90. The van der Waals surface area contributed by atoms with Crippen molar-refractivity contribution in [1.82, 2.24) is 4.72 Å². The molecule has 1 unspecified atom stereocenters. The van der Waals surface area contributed by atoms with E-state index in [1.807, 2.05) is 13.8 Å². The Hall–Kier alpha value is -0.340. The van der Waals surface area contributed by atoms with Gasteiger partial charge in [0.25, 0.3) is 0 Å². The number of hydrogen-bond acceptors (Lipinski definition) is 4. The van der Waals surface area contributed by atoms with Gasteiger partial charge >= 0.3 is 0 Å². The van der Waals surface area contributed by atoms with E-state index in [4.69, 9.17) is 17.3 Å². The number of sulfonamides is 1. The van der Waals surface area contributed by atoms with Crippen LogP contribution >= 0.6 is 27.5 Å². The summed E-state index contributed by atoms with van der Waals surface area (Å²) in [5.74, 6) is 0.281. The summed E-state index contributed by atoms with van der Waals surface area (Å²) in [4.78, 5) is -0.0424. The van der Waals surface area contributed by atoms with Crippen LogP contribution in [0.1, 0.15) is 20.3 Å². The van der Waals surface area contributed by atoms with Crippen LogP contribution < -0.4 is 10.5 Å². The lowest BCUT2D eigenvalue weighted by Crippen LogP contribution is -2.33. The Morgan fingerprint density at radius 2 is 2.05 bits per heavy atom. The van der Waals surface area contributed by atoms with Gasteiger partial charge in [-0.2, -0.15) is 0 Å². The summed E-state index contributed by atoms with van der Waals surface area (Å²) in [5.41, 5.74) is 5.90. The summed E-state index contributed by atoms with van der Waals surface area (Å²) in [6.45, 7) is 3.84. The molecule has 0 aliphatic carbocycles. The first-order chi connectivity index (χ1) is 9.13. The van der Waals surface area contributed by atoms with E-state index in [9.17, 15) is 13.5 Å². The molecule has 1 aromatic carbocycles. The number of anilines is 1. The minimum Gasteiger partial charge on any atom is -0.398 e. The molecule has 0 amide bonds. The predicted molar refractivity (Wildman–Crippen MR) is 84.2 cm³/mol. The highest BCUT2D eigenvalue weighted by atomic mass is 79.9. The SMILES string of the molecule is CC(C)CC(O)CNS(=O)(=O)c1cc(Cl)cc(N)c1Br. The Labute approximate surface area is 132 Å². The van der Waals surface area contributed by atoms with Gasteiger partial charge in [-0.1, -0.05) is 25.4 Å². The van der Waals surface area contributed by atoms with Gasteiger partial charge in [-0.3, -0.25) is 0 Å². The maximum atomic E-state index is 12.2. The molecular weight excluding hydrogens is 368 g/mol. The van der Waals surface area contributed by atoms with Crippen LogP contribution in [0.15, 0.2) is 21.5 Å². The van der Waals surface area contributed by atoms with E-state index in [1.165, 1.54) is 12.1 Å². The highest BCUT2D eigenvalue weighted by Gasteiger charge is 2.21. The average Bonchev–Trinajstić information content (AvgIpc) is 2.30. The van der Waals surface area contributed by atoms with Crippen molar-refractivity contribution < 1.29 is 13.5 Å². The molecule has 0 aliphatic heterocycles. The van der Waals surface area contributed by atoms with Gasteiger partial charge in [0, 0.05) is 17.3 Å². The first-order valence-corrected chi connectivity index (χ1v) is 8.71. The number of nitrogens with two attached hydrogens (primary N) is 1. The largest absolute Gasteiger partial charge is 0.398 e. The van der Waals surface area contributed by atoms with E-state index in [-0.39, 0.29) is 32.5 Å². The van der Waals surface area contributed by atoms with Gasteiger partial charge in [0.15, 0.2) is 0 Å². The third-order valence-corrected chi connectivity index (χ3v) is 5.39. The number of benzene rings is 1. The number of aliphatic hydroxyl groups excluding tert-OH is 1. The topological polar surface area (TPSA) is 92.4 Å². The van der Waals surface area contributed by atoms with Crippen LogP contribution in [0.5, 0.6) is 0 Å². The third kappa shape index (κ3) is 4.89. The van der Waals surface area contributed by atoms with E-state index in [0.29, 0.717) is 6.42 Å². The van der Waals surface area contributed by atoms with E-state index < -0.39 is 16.1 Å². The zero-order valence-electron chi connectivity index (χ0n) is 11.2. The van der Waals surface area contributed by atoms with Gasteiger partial charge in [-0.25, -0.2) is 13.1 Å². The fourth-order valence-corrected chi connectivity index (χ4v) is 4.05. The van der Waals surface area contributed by atoms with Crippen LogP contribution in [-0.2, 0) is 10.0 Å². The average molecular weight is 386 g/mol. The maximum absolute atomic E-state index is 12.2. The summed E-state index contributed by atoms with van der Waals surface area (Å²) in [5, 5.41) is 9.95. The van der Waals surface area contributed by atoms with Crippen LogP contribution in [0.2, 0.25) is 5.02 Å². The van der Waals surface area contributed by atoms with Crippen molar-refractivity contribution in [2.24, 2.45) is 5.92 Å². The molecule has 0 aliphatic rings. The molecule has 4 N–H and O–H groups in total. The first kappa shape index (κ1) is 17.7. The van der Waals surface area contributed by atoms with E-state index in [0.717, 1.165) is 0 Å². The Morgan fingerprint density at radius 1 is 1.45 bits per heavy atom. The van der Waals surface area contributed by atoms with Gasteiger partial charge in [0.1, 0.15) is 0 Å². The summed E-state index contributed by atoms with van der Waals surface area (Å²) in [7, 11) is -3.79. The van der Waals surface area contributed by atoms with E-state index in [2.05, 4.69) is 20.7 Å². The number of nitrogens with one attached hydrogen (secondary N) is 1. The van der Waals surface area contributed by atoms with Crippen molar-refractivity contribution in [1.29, 1.82) is 0 Å². The Kier molecular flexibility index (Phi) is 6.27. The van der Waals surface area contributed by atoms with Crippen LogP contribution in [0, 0.1) is 5.92 Å². The molecule has 0 bridgehead atoms.